The number of nitrogens with zero attached hydrogens (tertiary/aromatic N) is 3. The number of benzene rings is 2. The van der Waals surface area contributed by atoms with Crippen LogP contribution in [0, 0.1) is 23.2 Å². The van der Waals surface area contributed by atoms with Gasteiger partial charge in [0.2, 0.25) is 0 Å². The minimum atomic E-state index is -0.207. The Morgan fingerprint density at radius 2 is 1.95 bits per heavy atom. The summed E-state index contributed by atoms with van der Waals surface area (Å²) in [5.41, 5.74) is 3.52. The third kappa shape index (κ3) is 4.52. The van der Waals surface area contributed by atoms with Crippen LogP contribution in [-0.2, 0) is 10.5 Å². The van der Waals surface area contributed by atoms with Gasteiger partial charge in [0.25, 0.3) is 5.91 Å². The molecule has 0 aromatic heterocycles. The lowest BCUT2D eigenvalue weighted by Crippen LogP contribution is -2.56. The number of hydrogen-bond acceptors (Lipinski definition) is 5. The third-order valence-electron chi connectivity index (χ3n) is 8.63. The maximum absolute atomic E-state index is 13.6. The van der Waals surface area contributed by atoms with E-state index in [1.54, 1.807) is 5.57 Å². The van der Waals surface area contributed by atoms with Crippen LogP contribution in [-0.4, -0.2) is 22.2 Å². The number of amides is 1. The van der Waals surface area contributed by atoms with Crippen molar-refractivity contribution in [2.75, 3.05) is 0 Å². The Morgan fingerprint density at radius 1 is 1.16 bits per heavy atom. The molecule has 7 heteroatoms. The van der Waals surface area contributed by atoms with Gasteiger partial charge in [-0.15, -0.1) is 5.10 Å². The van der Waals surface area contributed by atoms with Gasteiger partial charge in [0.1, 0.15) is 11.9 Å². The van der Waals surface area contributed by atoms with Crippen molar-refractivity contribution in [1.29, 1.82) is 0 Å². The van der Waals surface area contributed by atoms with E-state index >= 15 is 0 Å². The molecule has 1 saturated carbocycles. The third-order valence-corrected chi connectivity index (χ3v) is 9.91. The summed E-state index contributed by atoms with van der Waals surface area (Å²) in [6.07, 6.45) is 6.85. The average Bonchev–Trinajstić information content (AvgIpc) is 2.87. The molecule has 0 bridgehead atoms. The monoisotopic (exact) mass is 532 g/mol. The quantitative estimate of drug-likeness (QED) is 0.535. The summed E-state index contributed by atoms with van der Waals surface area (Å²) in [5.74, 6) is 1.81. The fraction of sp³-hybridized carbons (Fsp3) is 0.433. The van der Waals surface area contributed by atoms with Crippen molar-refractivity contribution in [3.05, 3.63) is 81.3 Å². The average molecular weight is 533 g/mol. The highest BCUT2D eigenvalue weighted by Crippen LogP contribution is 2.52. The van der Waals surface area contributed by atoms with Gasteiger partial charge in [0.05, 0.1) is 5.36 Å². The first kappa shape index (κ1) is 24.7. The zero-order valence-corrected chi connectivity index (χ0v) is 23.1. The van der Waals surface area contributed by atoms with E-state index in [0.29, 0.717) is 34.4 Å². The molecule has 0 spiro atoms. The molecule has 5 nitrogen and oxygen atoms in total. The number of thioether (sulfide) groups is 1. The molecule has 192 valence electrons. The molecule has 1 fully saturated rings. The number of carbonyl (C=O) groups is 1. The molecular formula is C30H33ClN4OS. The van der Waals surface area contributed by atoms with Gasteiger partial charge in [0.15, 0.2) is 5.17 Å². The summed E-state index contributed by atoms with van der Waals surface area (Å²) >= 11 is 7.88. The van der Waals surface area contributed by atoms with Gasteiger partial charge in [-0.2, -0.15) is 0 Å². The Hall–Kier alpha value is -2.57. The second kappa shape index (κ2) is 9.63. The Bertz CT molecular complexity index is 1430. The molecule has 4 atom stereocenters. The van der Waals surface area contributed by atoms with E-state index in [1.165, 1.54) is 24.6 Å². The van der Waals surface area contributed by atoms with Crippen LogP contribution in [0.1, 0.15) is 52.0 Å². The SMILES string of the molecule is C[C@@H]1CC2=CCCC(C)(C)[C@@H]2C[C@@H]1[C@H]1N=c2ccccc2=C2C(=O)NC(SCc3ccccc3Cl)=NN21. The molecule has 4 aliphatic rings. The van der Waals surface area contributed by atoms with E-state index in [1.807, 2.05) is 53.5 Å². The zero-order valence-electron chi connectivity index (χ0n) is 21.6. The molecule has 0 unspecified atom stereocenters. The van der Waals surface area contributed by atoms with Crippen LogP contribution in [0.4, 0.5) is 0 Å². The van der Waals surface area contributed by atoms with E-state index in [-0.39, 0.29) is 17.5 Å². The zero-order chi connectivity index (χ0) is 25.7. The van der Waals surface area contributed by atoms with Crippen LogP contribution >= 0.6 is 23.4 Å². The number of halogens is 1. The molecule has 2 heterocycles. The predicted molar refractivity (Wildman–Crippen MR) is 151 cm³/mol. The lowest BCUT2D eigenvalue weighted by atomic mass is 9.58. The highest BCUT2D eigenvalue weighted by Gasteiger charge is 2.46. The molecule has 6 rings (SSSR count). The number of nitrogens with one attached hydrogen (secondary N) is 1. The second-order valence-corrected chi connectivity index (χ2v) is 12.8. The standard InChI is InChI=1S/C30H33ClN4OS/c1-18-15-19-10-8-14-30(2,3)23(19)16-22(18)27-32-25-13-7-5-11-21(25)26-28(36)33-29(34-35(26)27)37-17-20-9-4-6-12-24(20)31/h4-7,9-13,18,22-23,27H,8,14-17H2,1-3H3,(H,33,34,36)/t18-,22+,23-,27+/m1/s1. The van der Waals surface area contributed by atoms with Crippen LogP contribution < -0.4 is 15.9 Å². The number of rotatable bonds is 3. The molecule has 0 saturated heterocycles. The number of fused-ring (bicyclic) bond motifs is 3. The van der Waals surface area contributed by atoms with Crippen molar-refractivity contribution in [3.63, 3.8) is 0 Å². The highest BCUT2D eigenvalue weighted by molar-refractivity contribution is 8.13. The van der Waals surface area contributed by atoms with Gasteiger partial charge in [0, 0.05) is 21.9 Å². The van der Waals surface area contributed by atoms with Crippen molar-refractivity contribution in [2.24, 2.45) is 33.3 Å². The lowest BCUT2D eigenvalue weighted by Gasteiger charge is -2.49. The first-order valence-corrected chi connectivity index (χ1v) is 14.6. The molecule has 2 aromatic carbocycles. The topological polar surface area (TPSA) is 57.1 Å². The fourth-order valence-corrected chi connectivity index (χ4v) is 7.68. The molecule has 2 aliphatic carbocycles. The smallest absolute Gasteiger partial charge is 0.276 e. The number of allylic oxidation sites excluding steroid dienone is 2. The minimum absolute atomic E-state index is 0.119. The van der Waals surface area contributed by atoms with Gasteiger partial charge in [-0.05, 0) is 60.6 Å². The highest BCUT2D eigenvalue weighted by atomic mass is 35.5. The van der Waals surface area contributed by atoms with Gasteiger partial charge in [-0.3, -0.25) is 15.1 Å². The van der Waals surface area contributed by atoms with Crippen LogP contribution in [0.5, 0.6) is 0 Å². The van der Waals surface area contributed by atoms with E-state index in [0.717, 1.165) is 34.0 Å². The number of amidine groups is 1. The number of hydrogen-bond donors (Lipinski definition) is 1. The molecule has 1 N–H and O–H groups in total. The van der Waals surface area contributed by atoms with Gasteiger partial charge in [-0.25, -0.2) is 5.01 Å². The van der Waals surface area contributed by atoms with Crippen molar-refractivity contribution in [2.45, 2.75) is 58.4 Å². The first-order chi connectivity index (χ1) is 17.8. The van der Waals surface area contributed by atoms with Crippen molar-refractivity contribution < 1.29 is 4.79 Å². The van der Waals surface area contributed by atoms with Crippen LogP contribution in [0.25, 0.3) is 5.70 Å². The van der Waals surface area contributed by atoms with Crippen molar-refractivity contribution in [3.8, 4) is 0 Å². The number of carbonyl (C=O) groups excluding carboxylic acids is 1. The number of hydrazone groups is 1. The first-order valence-electron chi connectivity index (χ1n) is 13.2. The van der Waals surface area contributed by atoms with Crippen LogP contribution in [0.2, 0.25) is 5.02 Å². The van der Waals surface area contributed by atoms with Crippen LogP contribution in [0.3, 0.4) is 0 Å². The Labute approximate surface area is 227 Å². The van der Waals surface area contributed by atoms with E-state index in [9.17, 15) is 4.79 Å². The molecule has 1 amide bonds. The van der Waals surface area contributed by atoms with Gasteiger partial charge >= 0.3 is 0 Å². The summed E-state index contributed by atoms with van der Waals surface area (Å²) < 4.78 is 0. The molecule has 0 radical (unpaired) electrons. The van der Waals surface area contributed by atoms with E-state index < -0.39 is 0 Å². The summed E-state index contributed by atoms with van der Waals surface area (Å²) in [7, 11) is 0. The van der Waals surface area contributed by atoms with E-state index in [4.69, 9.17) is 21.7 Å². The molecule has 2 aliphatic heterocycles. The van der Waals surface area contributed by atoms with Gasteiger partial charge in [-0.1, -0.05) is 92.2 Å². The van der Waals surface area contributed by atoms with Crippen molar-refractivity contribution in [1.82, 2.24) is 10.3 Å². The summed E-state index contributed by atoms with van der Waals surface area (Å²) in [4.78, 5) is 18.8. The Balaban J connectivity index is 1.38. The maximum Gasteiger partial charge on any atom is 0.276 e. The Kier molecular flexibility index (Phi) is 6.44. The summed E-state index contributed by atoms with van der Waals surface area (Å²) in [6.45, 7) is 7.18. The number of para-hydroxylation sites is 1. The maximum atomic E-state index is 13.6. The molecule has 37 heavy (non-hydrogen) atoms. The summed E-state index contributed by atoms with van der Waals surface area (Å²) in [5, 5.41) is 13.0. The van der Waals surface area contributed by atoms with E-state index in [2.05, 4.69) is 32.2 Å². The Morgan fingerprint density at radius 3 is 2.78 bits per heavy atom. The minimum Gasteiger partial charge on any atom is -0.298 e. The molecular weight excluding hydrogens is 500 g/mol. The van der Waals surface area contributed by atoms with Gasteiger partial charge < -0.3 is 0 Å². The lowest BCUT2D eigenvalue weighted by molar-refractivity contribution is -0.116. The largest absolute Gasteiger partial charge is 0.298 e. The normalized spacial score (nSPS) is 28.2. The van der Waals surface area contributed by atoms with Crippen LogP contribution in [0.15, 0.2) is 70.3 Å². The summed E-state index contributed by atoms with van der Waals surface area (Å²) in [6, 6.07) is 15.8. The predicted octanol–water partition coefficient (Wildman–Crippen LogP) is 5.45. The van der Waals surface area contributed by atoms with Crippen molar-refractivity contribution >= 4 is 40.1 Å². The molecule has 2 aromatic rings. The second-order valence-electron chi connectivity index (χ2n) is 11.4. The fourth-order valence-electron chi connectivity index (χ4n) is 6.54.